The van der Waals surface area contributed by atoms with Crippen LogP contribution in [-0.2, 0) is 9.59 Å². The quantitative estimate of drug-likeness (QED) is 0.479. The lowest BCUT2D eigenvalue weighted by atomic mass is 10.1. The van der Waals surface area contributed by atoms with Crippen molar-refractivity contribution >= 4 is 52.5 Å². The smallest absolute Gasteiger partial charge is 0.270 e. The molecule has 0 radical (unpaired) electrons. The van der Waals surface area contributed by atoms with Gasteiger partial charge in [-0.2, -0.15) is 0 Å². The normalized spacial score (nSPS) is 16.1. The Bertz CT molecular complexity index is 941. The third kappa shape index (κ3) is 4.18. The summed E-state index contributed by atoms with van der Waals surface area (Å²) < 4.78 is 5.60. The first-order valence-corrected chi connectivity index (χ1v) is 9.08. The molecule has 2 amide bonds. The van der Waals surface area contributed by atoms with Gasteiger partial charge in [0.05, 0.1) is 16.8 Å². The number of rotatable bonds is 4. The molecule has 0 bridgehead atoms. The van der Waals surface area contributed by atoms with E-state index in [1.807, 2.05) is 19.9 Å². The minimum atomic E-state index is -0.546. The molecule has 0 aromatic heterocycles. The Morgan fingerprint density at radius 2 is 1.85 bits per heavy atom. The number of thiocarbonyl (C=S) groups is 1. The van der Waals surface area contributed by atoms with E-state index in [0.29, 0.717) is 22.0 Å². The standard InChI is InChI=1S/C20H17ClN2O3S/c1-12(2)26-17-9-8-13(11-16(17)21)10-15-18(24)22-20(27)23(19(15)25)14-6-4-3-5-7-14/h3-12H,1-2H3,(H,22,24,27)/b15-10-. The maximum Gasteiger partial charge on any atom is 0.270 e. The molecule has 5 nitrogen and oxygen atoms in total. The highest BCUT2D eigenvalue weighted by molar-refractivity contribution is 7.80. The predicted octanol–water partition coefficient (Wildman–Crippen LogP) is 3.96. The van der Waals surface area contributed by atoms with E-state index >= 15 is 0 Å². The second-order valence-corrected chi connectivity index (χ2v) is 6.94. The summed E-state index contributed by atoms with van der Waals surface area (Å²) in [5, 5.41) is 3.00. The molecule has 2 aromatic rings. The second kappa shape index (κ2) is 7.90. The SMILES string of the molecule is CC(C)Oc1ccc(/C=C2/C(=O)NC(=S)N(c3ccccc3)C2=O)cc1Cl. The second-order valence-electron chi connectivity index (χ2n) is 6.15. The van der Waals surface area contributed by atoms with E-state index in [1.165, 1.54) is 11.0 Å². The summed E-state index contributed by atoms with van der Waals surface area (Å²) in [4.78, 5) is 26.5. The molecule has 1 heterocycles. The molecule has 0 aliphatic carbocycles. The number of hydrogen-bond acceptors (Lipinski definition) is 4. The molecule has 1 aliphatic rings. The van der Waals surface area contributed by atoms with Gasteiger partial charge in [-0.3, -0.25) is 19.8 Å². The fourth-order valence-corrected chi connectivity index (χ4v) is 3.11. The molecule has 1 N–H and O–H groups in total. The molecule has 7 heteroatoms. The van der Waals surface area contributed by atoms with Gasteiger partial charge in [0.2, 0.25) is 0 Å². The molecule has 0 spiro atoms. The number of amides is 2. The Labute approximate surface area is 167 Å². The van der Waals surface area contributed by atoms with Crippen molar-refractivity contribution in [1.82, 2.24) is 5.32 Å². The average Bonchev–Trinajstić information content (AvgIpc) is 2.61. The van der Waals surface area contributed by atoms with Gasteiger partial charge in [-0.25, -0.2) is 0 Å². The molecule has 138 valence electrons. The molecule has 1 fully saturated rings. The van der Waals surface area contributed by atoms with E-state index in [9.17, 15) is 9.59 Å². The third-order valence-electron chi connectivity index (χ3n) is 3.75. The number of ether oxygens (including phenoxy) is 1. The largest absolute Gasteiger partial charge is 0.489 e. The van der Waals surface area contributed by atoms with Crippen molar-refractivity contribution < 1.29 is 14.3 Å². The zero-order valence-electron chi connectivity index (χ0n) is 14.7. The van der Waals surface area contributed by atoms with Crippen molar-refractivity contribution in [2.45, 2.75) is 20.0 Å². The predicted molar refractivity (Wildman–Crippen MR) is 110 cm³/mol. The first-order chi connectivity index (χ1) is 12.9. The number of carbonyl (C=O) groups is 2. The topological polar surface area (TPSA) is 58.6 Å². The highest BCUT2D eigenvalue weighted by Gasteiger charge is 2.34. The van der Waals surface area contributed by atoms with Crippen LogP contribution in [0.2, 0.25) is 5.02 Å². The van der Waals surface area contributed by atoms with Gasteiger partial charge in [-0.15, -0.1) is 0 Å². The van der Waals surface area contributed by atoms with E-state index in [2.05, 4.69) is 5.32 Å². The van der Waals surface area contributed by atoms with E-state index in [0.717, 1.165) is 0 Å². The average molecular weight is 401 g/mol. The Morgan fingerprint density at radius 1 is 1.15 bits per heavy atom. The maximum absolute atomic E-state index is 12.9. The summed E-state index contributed by atoms with van der Waals surface area (Å²) in [5.41, 5.74) is 1.16. The number of nitrogens with one attached hydrogen (secondary N) is 1. The molecule has 3 rings (SSSR count). The number of para-hydroxylation sites is 1. The lowest BCUT2D eigenvalue weighted by Gasteiger charge is -2.28. The Hall–Kier alpha value is -2.70. The molecule has 1 saturated heterocycles. The van der Waals surface area contributed by atoms with E-state index in [-0.39, 0.29) is 16.8 Å². The van der Waals surface area contributed by atoms with Gasteiger partial charge in [0.15, 0.2) is 5.11 Å². The molecule has 0 saturated carbocycles. The van der Waals surface area contributed by atoms with Crippen molar-refractivity contribution in [2.24, 2.45) is 0 Å². The Morgan fingerprint density at radius 3 is 2.48 bits per heavy atom. The lowest BCUT2D eigenvalue weighted by molar-refractivity contribution is -0.122. The lowest BCUT2D eigenvalue weighted by Crippen LogP contribution is -2.54. The summed E-state index contributed by atoms with van der Waals surface area (Å²) >= 11 is 11.4. The van der Waals surface area contributed by atoms with Crippen molar-refractivity contribution in [2.75, 3.05) is 4.90 Å². The van der Waals surface area contributed by atoms with Crippen LogP contribution in [0.25, 0.3) is 6.08 Å². The Kier molecular flexibility index (Phi) is 5.58. The summed E-state index contributed by atoms with van der Waals surface area (Å²) in [5.74, 6) is -0.496. The highest BCUT2D eigenvalue weighted by atomic mass is 35.5. The zero-order chi connectivity index (χ0) is 19.6. The van der Waals surface area contributed by atoms with Crippen LogP contribution in [0.4, 0.5) is 5.69 Å². The highest BCUT2D eigenvalue weighted by Crippen LogP contribution is 2.28. The van der Waals surface area contributed by atoms with Gasteiger partial charge < -0.3 is 4.74 Å². The maximum atomic E-state index is 12.9. The summed E-state index contributed by atoms with van der Waals surface area (Å²) in [6.45, 7) is 3.80. The van der Waals surface area contributed by atoms with Crippen LogP contribution in [0.5, 0.6) is 5.75 Å². The summed E-state index contributed by atoms with van der Waals surface area (Å²) in [6.07, 6.45) is 1.47. The number of halogens is 1. The molecular weight excluding hydrogens is 384 g/mol. The van der Waals surface area contributed by atoms with Crippen LogP contribution in [0.3, 0.4) is 0 Å². The van der Waals surface area contributed by atoms with Gasteiger partial charge in [-0.1, -0.05) is 35.9 Å². The van der Waals surface area contributed by atoms with Crippen molar-refractivity contribution in [1.29, 1.82) is 0 Å². The molecule has 0 atom stereocenters. The van der Waals surface area contributed by atoms with Crippen molar-refractivity contribution in [3.8, 4) is 5.75 Å². The van der Waals surface area contributed by atoms with Crippen molar-refractivity contribution in [3.63, 3.8) is 0 Å². The van der Waals surface area contributed by atoms with Gasteiger partial charge >= 0.3 is 0 Å². The Balaban J connectivity index is 1.95. The summed E-state index contributed by atoms with van der Waals surface area (Å²) in [7, 11) is 0. The van der Waals surface area contributed by atoms with E-state index < -0.39 is 11.8 Å². The number of hydrogen-bond donors (Lipinski definition) is 1. The van der Waals surface area contributed by atoms with Gasteiger partial charge in [0, 0.05) is 0 Å². The van der Waals surface area contributed by atoms with Crippen LogP contribution >= 0.6 is 23.8 Å². The van der Waals surface area contributed by atoms with Crippen LogP contribution < -0.4 is 15.0 Å². The summed E-state index contributed by atoms with van der Waals surface area (Å²) in [6, 6.07) is 14.0. The number of carbonyl (C=O) groups excluding carboxylic acids is 2. The van der Waals surface area contributed by atoms with Crippen molar-refractivity contribution in [3.05, 3.63) is 64.7 Å². The molecule has 1 aliphatic heterocycles. The van der Waals surface area contributed by atoms with Crippen LogP contribution in [-0.4, -0.2) is 23.0 Å². The van der Waals surface area contributed by atoms with Gasteiger partial charge in [0.25, 0.3) is 11.8 Å². The third-order valence-corrected chi connectivity index (χ3v) is 4.33. The number of benzene rings is 2. The fraction of sp³-hybridized carbons (Fsp3) is 0.150. The monoisotopic (exact) mass is 400 g/mol. The molecule has 2 aromatic carbocycles. The minimum absolute atomic E-state index is 0.0159. The zero-order valence-corrected chi connectivity index (χ0v) is 16.3. The van der Waals surface area contributed by atoms with E-state index in [1.54, 1.807) is 42.5 Å². The van der Waals surface area contributed by atoms with Crippen LogP contribution in [0.1, 0.15) is 19.4 Å². The first kappa shape index (κ1) is 19.1. The van der Waals surface area contributed by atoms with Gasteiger partial charge in [-0.05, 0) is 62.0 Å². The molecular formula is C20H17ClN2O3S. The van der Waals surface area contributed by atoms with E-state index in [4.69, 9.17) is 28.6 Å². The molecule has 27 heavy (non-hydrogen) atoms. The van der Waals surface area contributed by atoms with Crippen LogP contribution in [0.15, 0.2) is 54.1 Å². The number of anilines is 1. The molecule has 0 unspecified atom stereocenters. The number of nitrogens with zero attached hydrogens (tertiary/aromatic N) is 1. The minimum Gasteiger partial charge on any atom is -0.489 e. The first-order valence-electron chi connectivity index (χ1n) is 8.29. The fourth-order valence-electron chi connectivity index (χ4n) is 2.59. The van der Waals surface area contributed by atoms with Gasteiger partial charge in [0.1, 0.15) is 11.3 Å². The van der Waals surface area contributed by atoms with Crippen LogP contribution in [0, 0.1) is 0 Å².